The second kappa shape index (κ2) is 13.5. The number of nitrogens with two attached hydrogens (primary N) is 1. The van der Waals surface area contributed by atoms with Gasteiger partial charge in [0.25, 0.3) is 5.91 Å². The molecule has 35 heavy (non-hydrogen) atoms. The lowest BCUT2D eigenvalue weighted by Crippen LogP contribution is -2.36. The van der Waals surface area contributed by atoms with Gasteiger partial charge in [-0.3, -0.25) is 14.7 Å². The number of carbonyl (C=O) groups is 1. The van der Waals surface area contributed by atoms with Gasteiger partial charge in [-0.1, -0.05) is 25.1 Å². The average Bonchev–Trinajstić information content (AvgIpc) is 3.11. The molecule has 1 saturated heterocycles. The summed E-state index contributed by atoms with van der Waals surface area (Å²) >= 11 is 0. The van der Waals surface area contributed by atoms with E-state index in [1.807, 2.05) is 42.2 Å². The molecule has 3 N–H and O–H groups in total. The number of hydrazone groups is 1. The number of carbonyl (C=O) groups excluding carboxylic acids is 1. The predicted octanol–water partition coefficient (Wildman–Crippen LogP) is 3.67. The van der Waals surface area contributed by atoms with E-state index in [0.29, 0.717) is 37.3 Å². The Morgan fingerprint density at radius 2 is 2.00 bits per heavy atom. The highest BCUT2D eigenvalue weighted by Gasteiger charge is 2.25. The van der Waals surface area contributed by atoms with Crippen molar-refractivity contribution in [3.8, 4) is 0 Å². The molecule has 1 aliphatic heterocycles. The van der Waals surface area contributed by atoms with E-state index in [-0.39, 0.29) is 24.6 Å². The van der Waals surface area contributed by atoms with E-state index in [0.717, 1.165) is 12.0 Å². The number of hydrogen-bond donors (Lipinski definition) is 2. The lowest BCUT2D eigenvalue weighted by atomic mass is 10.1. The third-order valence-electron chi connectivity index (χ3n) is 5.66. The fraction of sp³-hybridized carbons (Fsp3) is 0.346. The second-order valence-corrected chi connectivity index (χ2v) is 8.10. The second-order valence-electron chi connectivity index (χ2n) is 8.10. The van der Waals surface area contributed by atoms with E-state index in [9.17, 15) is 13.6 Å². The molecule has 186 valence electrons. The smallest absolute Gasteiger partial charge is 0.253 e. The molecule has 1 unspecified atom stereocenters. The summed E-state index contributed by atoms with van der Waals surface area (Å²) in [4.78, 5) is 18.9. The summed E-state index contributed by atoms with van der Waals surface area (Å²) in [5, 5.41) is 6.80. The molecule has 9 heteroatoms. The van der Waals surface area contributed by atoms with E-state index in [2.05, 4.69) is 15.4 Å². The molecular weight excluding hydrogens is 452 g/mol. The number of allylic oxidation sites excluding steroid dienone is 3. The number of ether oxygens (including phenoxy) is 1. The van der Waals surface area contributed by atoms with Crippen LogP contribution < -0.4 is 11.2 Å². The SMILES string of the molecule is CC/C=C\C(=C/C/C(=N\N)c1ccncc1)NC(=O)C1CCN(Cc2c(F)cccc2F)CCO1. The predicted molar refractivity (Wildman–Crippen MR) is 131 cm³/mol. The average molecular weight is 484 g/mol. The lowest BCUT2D eigenvalue weighted by molar-refractivity contribution is -0.131. The standard InChI is InChI=1S/C26H31F2N5O2/c1-2-3-5-20(8-9-24(32-29)19-10-13-30-14-11-19)31-26(34)25-12-15-33(16-17-35-25)18-21-22(27)6-4-7-23(21)28/h3-8,10-11,13-14,25H,2,9,12,15-18,29H2,1H3,(H,31,34)/b5-3-,20-8+,32-24+. The molecule has 1 aromatic carbocycles. The van der Waals surface area contributed by atoms with Crippen LogP contribution in [0.25, 0.3) is 0 Å². The van der Waals surface area contributed by atoms with Gasteiger partial charge in [0.15, 0.2) is 0 Å². The van der Waals surface area contributed by atoms with Crippen LogP contribution in [0.5, 0.6) is 0 Å². The van der Waals surface area contributed by atoms with Crippen LogP contribution in [0.3, 0.4) is 0 Å². The van der Waals surface area contributed by atoms with Crippen molar-refractivity contribution in [1.82, 2.24) is 15.2 Å². The molecule has 2 heterocycles. The summed E-state index contributed by atoms with van der Waals surface area (Å²) in [6.07, 6.45) is 9.90. The minimum atomic E-state index is -0.674. The summed E-state index contributed by atoms with van der Waals surface area (Å²) < 4.78 is 33.8. The Balaban J connectivity index is 1.62. The summed E-state index contributed by atoms with van der Waals surface area (Å²) in [5.74, 6) is 4.15. The van der Waals surface area contributed by atoms with Crippen LogP contribution in [0.15, 0.2) is 71.8 Å². The Hall–Kier alpha value is -3.43. The first-order valence-corrected chi connectivity index (χ1v) is 11.6. The van der Waals surface area contributed by atoms with Crippen molar-refractivity contribution >= 4 is 11.6 Å². The number of amides is 1. The fourth-order valence-electron chi connectivity index (χ4n) is 3.72. The maximum atomic E-state index is 14.0. The highest BCUT2D eigenvalue weighted by molar-refractivity contribution is 6.01. The molecule has 1 fully saturated rings. The molecule has 0 aliphatic carbocycles. The number of nitrogens with zero attached hydrogens (tertiary/aromatic N) is 3. The van der Waals surface area contributed by atoms with Gasteiger partial charge in [0.05, 0.1) is 12.3 Å². The molecule has 2 aromatic rings. The van der Waals surface area contributed by atoms with Crippen LogP contribution in [0, 0.1) is 11.6 Å². The number of nitrogens with one attached hydrogen (secondary N) is 1. The monoisotopic (exact) mass is 483 g/mol. The van der Waals surface area contributed by atoms with Gasteiger partial charge in [-0.05, 0) is 43.2 Å². The van der Waals surface area contributed by atoms with Crippen LogP contribution in [-0.2, 0) is 16.1 Å². The largest absolute Gasteiger partial charge is 0.367 e. The molecule has 3 rings (SSSR count). The van der Waals surface area contributed by atoms with Crippen molar-refractivity contribution in [3.63, 3.8) is 0 Å². The minimum Gasteiger partial charge on any atom is -0.367 e. The number of rotatable bonds is 9. The van der Waals surface area contributed by atoms with Crippen molar-refractivity contribution in [2.45, 2.75) is 38.8 Å². The van der Waals surface area contributed by atoms with E-state index < -0.39 is 17.7 Å². The number of pyridine rings is 1. The third kappa shape index (κ3) is 7.80. The third-order valence-corrected chi connectivity index (χ3v) is 5.66. The van der Waals surface area contributed by atoms with Crippen LogP contribution in [0.1, 0.15) is 37.3 Å². The zero-order chi connectivity index (χ0) is 25.0. The van der Waals surface area contributed by atoms with Crippen molar-refractivity contribution in [2.24, 2.45) is 10.9 Å². The van der Waals surface area contributed by atoms with Gasteiger partial charge in [-0.25, -0.2) is 8.78 Å². The highest BCUT2D eigenvalue weighted by Crippen LogP contribution is 2.17. The van der Waals surface area contributed by atoms with Crippen molar-refractivity contribution < 1.29 is 18.3 Å². The Labute approximate surface area is 204 Å². The highest BCUT2D eigenvalue weighted by atomic mass is 19.1. The number of benzene rings is 1. The van der Waals surface area contributed by atoms with Crippen LogP contribution in [-0.4, -0.2) is 47.3 Å². The van der Waals surface area contributed by atoms with E-state index in [4.69, 9.17) is 10.6 Å². The van der Waals surface area contributed by atoms with Crippen LogP contribution in [0.4, 0.5) is 8.78 Å². The van der Waals surface area contributed by atoms with Gasteiger partial charge in [-0.2, -0.15) is 5.10 Å². The summed E-state index contributed by atoms with van der Waals surface area (Å²) in [6.45, 7) is 3.35. The fourth-order valence-corrected chi connectivity index (χ4v) is 3.72. The quantitative estimate of drug-likeness (QED) is 0.246. The Morgan fingerprint density at radius 1 is 1.26 bits per heavy atom. The van der Waals surface area contributed by atoms with Gasteiger partial charge in [0.1, 0.15) is 17.7 Å². The molecule has 0 radical (unpaired) electrons. The van der Waals surface area contributed by atoms with E-state index >= 15 is 0 Å². The first kappa shape index (κ1) is 26.2. The summed E-state index contributed by atoms with van der Waals surface area (Å²) in [7, 11) is 0. The Kier molecular flexibility index (Phi) is 10.1. The molecule has 7 nitrogen and oxygen atoms in total. The first-order valence-electron chi connectivity index (χ1n) is 11.6. The van der Waals surface area contributed by atoms with Crippen LogP contribution >= 0.6 is 0 Å². The topological polar surface area (TPSA) is 92.8 Å². The van der Waals surface area contributed by atoms with Gasteiger partial charge < -0.3 is 15.9 Å². The Bertz CT molecular complexity index is 1050. The number of halogens is 2. The maximum absolute atomic E-state index is 14.0. The molecule has 0 spiro atoms. The van der Waals surface area contributed by atoms with Crippen LogP contribution in [0.2, 0.25) is 0 Å². The first-order chi connectivity index (χ1) is 17.0. The zero-order valence-electron chi connectivity index (χ0n) is 19.8. The molecule has 1 amide bonds. The molecule has 0 bridgehead atoms. The number of hydrogen-bond acceptors (Lipinski definition) is 6. The van der Waals surface area contributed by atoms with Crippen molar-refractivity contribution in [2.75, 3.05) is 19.7 Å². The van der Waals surface area contributed by atoms with E-state index in [1.165, 1.54) is 18.2 Å². The molecular formula is C26H31F2N5O2. The minimum absolute atomic E-state index is 0.0249. The van der Waals surface area contributed by atoms with Gasteiger partial charge in [0, 0.05) is 55.3 Å². The van der Waals surface area contributed by atoms with Crippen molar-refractivity contribution in [3.05, 3.63) is 89.4 Å². The maximum Gasteiger partial charge on any atom is 0.253 e. The molecule has 1 atom stereocenters. The van der Waals surface area contributed by atoms with Gasteiger partial charge in [-0.15, -0.1) is 0 Å². The zero-order valence-corrected chi connectivity index (χ0v) is 19.8. The van der Waals surface area contributed by atoms with E-state index in [1.54, 1.807) is 12.4 Å². The molecule has 1 aliphatic rings. The summed E-state index contributed by atoms with van der Waals surface area (Å²) in [6, 6.07) is 7.47. The molecule has 0 saturated carbocycles. The van der Waals surface area contributed by atoms with Gasteiger partial charge >= 0.3 is 0 Å². The summed E-state index contributed by atoms with van der Waals surface area (Å²) in [5.41, 5.74) is 2.15. The van der Waals surface area contributed by atoms with Crippen molar-refractivity contribution in [1.29, 1.82) is 0 Å². The number of aromatic nitrogens is 1. The van der Waals surface area contributed by atoms with Gasteiger partial charge in [0.2, 0.25) is 0 Å². The Morgan fingerprint density at radius 3 is 2.69 bits per heavy atom. The molecule has 1 aromatic heterocycles. The normalized spacial score (nSPS) is 18.0. The lowest BCUT2D eigenvalue weighted by Gasteiger charge is -2.20.